The molecule has 1 aromatic rings. The molecule has 1 saturated heterocycles. The van der Waals surface area contributed by atoms with Crippen molar-refractivity contribution in [3.63, 3.8) is 0 Å². The van der Waals surface area contributed by atoms with Gasteiger partial charge in [-0.05, 0) is 38.0 Å². The lowest BCUT2D eigenvalue weighted by Gasteiger charge is -2.35. The van der Waals surface area contributed by atoms with E-state index in [1.54, 1.807) is 17.0 Å². The second-order valence-electron chi connectivity index (χ2n) is 5.38. The number of benzene rings is 1. The standard InChI is InChI=1S/C16H20N2O2/c1-16(20)7-10-18(11-8-16)15(19)14-6-2-4-13(12-14)5-3-9-17/h2,4,6,12,20H,7-11,17H2,1H3. The van der Waals surface area contributed by atoms with Gasteiger partial charge in [-0.2, -0.15) is 0 Å². The van der Waals surface area contributed by atoms with E-state index in [2.05, 4.69) is 11.8 Å². The largest absolute Gasteiger partial charge is 0.390 e. The van der Waals surface area contributed by atoms with Crippen LogP contribution in [0.5, 0.6) is 0 Å². The van der Waals surface area contributed by atoms with E-state index in [9.17, 15) is 9.90 Å². The molecular weight excluding hydrogens is 252 g/mol. The fraction of sp³-hybridized carbons (Fsp3) is 0.438. The lowest BCUT2D eigenvalue weighted by Crippen LogP contribution is -2.45. The van der Waals surface area contributed by atoms with Crippen molar-refractivity contribution >= 4 is 5.91 Å². The third kappa shape index (κ3) is 3.60. The predicted molar refractivity (Wildman–Crippen MR) is 78.1 cm³/mol. The van der Waals surface area contributed by atoms with Crippen molar-refractivity contribution in [2.75, 3.05) is 19.6 Å². The Balaban J connectivity index is 2.10. The van der Waals surface area contributed by atoms with Crippen LogP contribution < -0.4 is 5.73 Å². The molecule has 2 rings (SSSR count). The molecule has 1 aliphatic rings. The fourth-order valence-corrected chi connectivity index (χ4v) is 2.26. The molecule has 0 unspecified atom stereocenters. The molecule has 4 nitrogen and oxygen atoms in total. The average Bonchev–Trinajstić information content (AvgIpc) is 2.45. The van der Waals surface area contributed by atoms with Crippen molar-refractivity contribution < 1.29 is 9.90 Å². The van der Waals surface area contributed by atoms with Gasteiger partial charge in [-0.25, -0.2) is 0 Å². The smallest absolute Gasteiger partial charge is 0.253 e. The van der Waals surface area contributed by atoms with E-state index in [-0.39, 0.29) is 5.91 Å². The third-order valence-electron chi connectivity index (χ3n) is 3.57. The molecular formula is C16H20N2O2. The van der Waals surface area contributed by atoms with E-state index in [1.165, 1.54) is 0 Å². The van der Waals surface area contributed by atoms with Crippen LogP contribution in [0.25, 0.3) is 0 Å². The van der Waals surface area contributed by atoms with Gasteiger partial charge in [-0.3, -0.25) is 4.79 Å². The van der Waals surface area contributed by atoms with E-state index in [4.69, 9.17) is 5.73 Å². The van der Waals surface area contributed by atoms with Crippen molar-refractivity contribution in [3.05, 3.63) is 35.4 Å². The van der Waals surface area contributed by atoms with Gasteiger partial charge >= 0.3 is 0 Å². The van der Waals surface area contributed by atoms with Crippen LogP contribution in [0.1, 0.15) is 35.7 Å². The highest BCUT2D eigenvalue weighted by atomic mass is 16.3. The molecule has 0 spiro atoms. The van der Waals surface area contributed by atoms with Crippen LogP contribution in [-0.4, -0.2) is 41.1 Å². The summed E-state index contributed by atoms with van der Waals surface area (Å²) in [4.78, 5) is 14.2. The van der Waals surface area contributed by atoms with E-state index in [0.29, 0.717) is 38.0 Å². The molecule has 3 N–H and O–H groups in total. The van der Waals surface area contributed by atoms with Crippen LogP contribution in [0.4, 0.5) is 0 Å². The summed E-state index contributed by atoms with van der Waals surface area (Å²) in [6.45, 7) is 3.30. The molecule has 1 fully saturated rings. The molecule has 1 aromatic carbocycles. The summed E-state index contributed by atoms with van der Waals surface area (Å²) in [7, 11) is 0. The van der Waals surface area contributed by atoms with Gasteiger partial charge in [-0.1, -0.05) is 17.9 Å². The third-order valence-corrected chi connectivity index (χ3v) is 3.57. The Hall–Kier alpha value is -1.83. The number of amides is 1. The Morgan fingerprint density at radius 3 is 2.80 bits per heavy atom. The molecule has 0 atom stereocenters. The number of carbonyl (C=O) groups is 1. The highest BCUT2D eigenvalue weighted by molar-refractivity contribution is 5.94. The maximum Gasteiger partial charge on any atom is 0.253 e. The van der Waals surface area contributed by atoms with Gasteiger partial charge in [-0.15, -0.1) is 0 Å². The first-order valence-electron chi connectivity index (χ1n) is 6.82. The number of nitrogens with zero attached hydrogens (tertiary/aromatic N) is 1. The minimum absolute atomic E-state index is 0.00287. The quantitative estimate of drug-likeness (QED) is 0.749. The highest BCUT2D eigenvalue weighted by Crippen LogP contribution is 2.22. The summed E-state index contributed by atoms with van der Waals surface area (Å²) in [6, 6.07) is 7.27. The van der Waals surface area contributed by atoms with Crippen molar-refractivity contribution in [1.29, 1.82) is 0 Å². The van der Waals surface area contributed by atoms with Gasteiger partial charge < -0.3 is 15.7 Å². The van der Waals surface area contributed by atoms with Crippen molar-refractivity contribution in [2.24, 2.45) is 5.73 Å². The Bertz CT molecular complexity index is 545. The van der Waals surface area contributed by atoms with Crippen LogP contribution in [-0.2, 0) is 0 Å². The van der Waals surface area contributed by atoms with E-state index < -0.39 is 5.60 Å². The number of aliphatic hydroxyl groups is 1. The lowest BCUT2D eigenvalue weighted by molar-refractivity contribution is -0.00202. The second-order valence-corrected chi connectivity index (χ2v) is 5.38. The minimum Gasteiger partial charge on any atom is -0.390 e. The first kappa shape index (κ1) is 14.6. The number of carbonyl (C=O) groups excluding carboxylic acids is 1. The topological polar surface area (TPSA) is 66.6 Å². The number of hydrogen-bond donors (Lipinski definition) is 2. The lowest BCUT2D eigenvalue weighted by atomic mass is 9.93. The molecule has 1 heterocycles. The molecule has 106 valence electrons. The van der Waals surface area contributed by atoms with Crippen molar-refractivity contribution in [2.45, 2.75) is 25.4 Å². The normalized spacial score (nSPS) is 17.2. The van der Waals surface area contributed by atoms with Gasteiger partial charge in [0.2, 0.25) is 0 Å². The van der Waals surface area contributed by atoms with Gasteiger partial charge in [0.1, 0.15) is 0 Å². The summed E-state index contributed by atoms with van der Waals surface area (Å²) in [5.41, 5.74) is 6.13. The number of rotatable bonds is 1. The summed E-state index contributed by atoms with van der Waals surface area (Å²) in [5, 5.41) is 9.92. The number of nitrogens with two attached hydrogens (primary N) is 1. The summed E-state index contributed by atoms with van der Waals surface area (Å²) in [6.07, 6.45) is 1.23. The van der Waals surface area contributed by atoms with Crippen molar-refractivity contribution in [3.8, 4) is 11.8 Å². The van der Waals surface area contributed by atoms with Gasteiger partial charge in [0.05, 0.1) is 12.1 Å². The second kappa shape index (κ2) is 6.08. The SMILES string of the molecule is CC1(O)CCN(C(=O)c2cccc(C#CCN)c2)CC1. The first-order valence-corrected chi connectivity index (χ1v) is 6.82. The zero-order chi connectivity index (χ0) is 14.6. The fourth-order valence-electron chi connectivity index (χ4n) is 2.26. The molecule has 0 bridgehead atoms. The van der Waals surface area contributed by atoms with Crippen molar-refractivity contribution in [1.82, 2.24) is 4.90 Å². The molecule has 1 amide bonds. The first-order chi connectivity index (χ1) is 9.52. The molecule has 0 aromatic heterocycles. The van der Waals surface area contributed by atoms with E-state index >= 15 is 0 Å². The van der Waals surface area contributed by atoms with Crippen LogP contribution >= 0.6 is 0 Å². The maximum absolute atomic E-state index is 12.4. The highest BCUT2D eigenvalue weighted by Gasteiger charge is 2.29. The van der Waals surface area contributed by atoms with Crippen LogP contribution in [0.2, 0.25) is 0 Å². The Morgan fingerprint density at radius 2 is 2.15 bits per heavy atom. The molecule has 0 aliphatic carbocycles. The zero-order valence-corrected chi connectivity index (χ0v) is 11.7. The number of likely N-dealkylation sites (tertiary alicyclic amines) is 1. The molecule has 0 saturated carbocycles. The van der Waals surface area contributed by atoms with Crippen LogP contribution in [0.3, 0.4) is 0 Å². The maximum atomic E-state index is 12.4. The molecule has 0 radical (unpaired) electrons. The van der Waals surface area contributed by atoms with Gasteiger partial charge in [0, 0.05) is 24.2 Å². The van der Waals surface area contributed by atoms with Gasteiger partial charge in [0.15, 0.2) is 0 Å². The Morgan fingerprint density at radius 1 is 1.45 bits per heavy atom. The predicted octanol–water partition coefficient (Wildman–Crippen LogP) is 0.984. The average molecular weight is 272 g/mol. The summed E-state index contributed by atoms with van der Waals surface area (Å²) >= 11 is 0. The zero-order valence-electron chi connectivity index (χ0n) is 11.7. The number of hydrogen-bond acceptors (Lipinski definition) is 3. The minimum atomic E-state index is -0.648. The summed E-state index contributed by atoms with van der Waals surface area (Å²) in [5.74, 6) is 5.71. The van der Waals surface area contributed by atoms with E-state index in [0.717, 1.165) is 5.56 Å². The van der Waals surface area contributed by atoms with Gasteiger partial charge in [0.25, 0.3) is 5.91 Å². The molecule has 4 heteroatoms. The molecule has 20 heavy (non-hydrogen) atoms. The Kier molecular flexibility index (Phi) is 4.43. The van der Waals surface area contributed by atoms with Crippen LogP contribution in [0, 0.1) is 11.8 Å². The number of piperidine rings is 1. The van der Waals surface area contributed by atoms with E-state index in [1.807, 2.05) is 19.1 Å². The molecule has 1 aliphatic heterocycles. The van der Waals surface area contributed by atoms with Crippen LogP contribution in [0.15, 0.2) is 24.3 Å². The monoisotopic (exact) mass is 272 g/mol. The Labute approximate surface area is 119 Å². The summed E-state index contributed by atoms with van der Waals surface area (Å²) < 4.78 is 0.